The number of carbonyl (C=O) groups excluding carboxylic acids is 2. The fraction of sp³-hybridized carbons (Fsp3) is 0.176. The van der Waals surface area contributed by atoms with Gasteiger partial charge < -0.3 is 15.4 Å². The normalized spacial score (nSPS) is 11.4. The molecule has 0 heterocycles. The van der Waals surface area contributed by atoms with Crippen LogP contribution in [0.25, 0.3) is 0 Å². The molecule has 0 fully saturated rings. The van der Waals surface area contributed by atoms with Gasteiger partial charge in [-0.25, -0.2) is 0 Å². The number of amides is 2. The van der Waals surface area contributed by atoms with Gasteiger partial charge in [-0.2, -0.15) is 0 Å². The first-order chi connectivity index (χ1) is 10.9. The van der Waals surface area contributed by atoms with Gasteiger partial charge in [0.2, 0.25) is 5.91 Å². The van der Waals surface area contributed by atoms with Crippen molar-refractivity contribution in [2.24, 2.45) is 0 Å². The maximum absolute atomic E-state index is 12.1. The van der Waals surface area contributed by atoms with E-state index in [2.05, 4.69) is 10.6 Å². The van der Waals surface area contributed by atoms with Crippen molar-refractivity contribution < 1.29 is 14.3 Å². The van der Waals surface area contributed by atoms with E-state index >= 15 is 0 Å². The second-order valence-electron chi connectivity index (χ2n) is 4.97. The van der Waals surface area contributed by atoms with Crippen LogP contribution in [0, 0.1) is 0 Å². The first kappa shape index (κ1) is 16.8. The lowest BCUT2D eigenvalue weighted by Crippen LogP contribution is -2.30. The van der Waals surface area contributed by atoms with Crippen molar-refractivity contribution in [1.82, 2.24) is 0 Å². The molecule has 1 atom stereocenters. The van der Waals surface area contributed by atoms with Gasteiger partial charge in [0.25, 0.3) is 5.91 Å². The van der Waals surface area contributed by atoms with Crippen molar-refractivity contribution >= 4 is 34.8 Å². The van der Waals surface area contributed by atoms with Gasteiger partial charge in [0, 0.05) is 23.3 Å². The quantitative estimate of drug-likeness (QED) is 0.877. The summed E-state index contributed by atoms with van der Waals surface area (Å²) in [4.78, 5) is 23.1. The maximum atomic E-state index is 12.1. The molecule has 0 aliphatic heterocycles. The number of hydrogen-bond donors (Lipinski definition) is 2. The third-order valence-corrected chi connectivity index (χ3v) is 3.19. The van der Waals surface area contributed by atoms with E-state index < -0.39 is 6.10 Å². The fourth-order valence-corrected chi connectivity index (χ4v) is 2.06. The van der Waals surface area contributed by atoms with Crippen molar-refractivity contribution in [1.29, 1.82) is 0 Å². The van der Waals surface area contributed by atoms with Gasteiger partial charge in [-0.1, -0.05) is 17.7 Å². The van der Waals surface area contributed by atoms with Crippen molar-refractivity contribution in [2.75, 3.05) is 10.6 Å². The van der Waals surface area contributed by atoms with Gasteiger partial charge in [0.1, 0.15) is 5.75 Å². The number of nitrogens with one attached hydrogen (secondary N) is 2. The number of carbonyl (C=O) groups is 2. The molecule has 2 aromatic carbocycles. The Morgan fingerprint density at radius 3 is 2.22 bits per heavy atom. The van der Waals surface area contributed by atoms with E-state index in [0.29, 0.717) is 22.1 Å². The molecule has 6 heteroatoms. The molecule has 2 rings (SSSR count). The molecule has 120 valence electrons. The number of benzene rings is 2. The van der Waals surface area contributed by atoms with Gasteiger partial charge in [-0.05, 0) is 49.4 Å². The number of halogens is 1. The summed E-state index contributed by atoms with van der Waals surface area (Å²) < 4.78 is 5.55. The van der Waals surface area contributed by atoms with E-state index in [1.54, 1.807) is 55.5 Å². The van der Waals surface area contributed by atoms with Crippen LogP contribution >= 0.6 is 11.6 Å². The Balaban J connectivity index is 1.94. The van der Waals surface area contributed by atoms with Crippen LogP contribution in [0.5, 0.6) is 5.75 Å². The second-order valence-corrected chi connectivity index (χ2v) is 5.40. The lowest BCUT2D eigenvalue weighted by atomic mass is 10.2. The van der Waals surface area contributed by atoms with E-state index in [1.165, 1.54) is 6.92 Å². The Hall–Kier alpha value is -2.53. The molecule has 2 amide bonds. The molecule has 2 aromatic rings. The summed E-state index contributed by atoms with van der Waals surface area (Å²) in [5, 5.41) is 5.95. The summed E-state index contributed by atoms with van der Waals surface area (Å²) in [6, 6.07) is 13.7. The number of anilines is 2. The molecular formula is C17H17ClN2O3. The van der Waals surface area contributed by atoms with Crippen LogP contribution < -0.4 is 15.4 Å². The minimum atomic E-state index is -0.677. The van der Waals surface area contributed by atoms with Crippen molar-refractivity contribution in [2.45, 2.75) is 20.0 Å². The van der Waals surface area contributed by atoms with E-state index in [1.807, 2.05) is 0 Å². The van der Waals surface area contributed by atoms with E-state index in [-0.39, 0.29) is 11.8 Å². The average molecular weight is 333 g/mol. The predicted octanol–water partition coefficient (Wildman–Crippen LogP) is 3.70. The highest BCUT2D eigenvalue weighted by atomic mass is 35.5. The SMILES string of the molecule is CC(=O)Nc1ccc(NC(=O)C(C)Oc2cccc(Cl)c2)cc1. The molecule has 0 aromatic heterocycles. The molecule has 0 spiro atoms. The zero-order valence-electron chi connectivity index (χ0n) is 12.8. The van der Waals surface area contributed by atoms with Crippen molar-refractivity contribution in [3.8, 4) is 5.75 Å². The lowest BCUT2D eigenvalue weighted by Gasteiger charge is -2.15. The predicted molar refractivity (Wildman–Crippen MR) is 90.9 cm³/mol. The first-order valence-electron chi connectivity index (χ1n) is 7.05. The number of ether oxygens (including phenoxy) is 1. The van der Waals surface area contributed by atoms with Crippen molar-refractivity contribution in [3.63, 3.8) is 0 Å². The molecule has 0 radical (unpaired) electrons. The number of hydrogen-bond acceptors (Lipinski definition) is 3. The third-order valence-electron chi connectivity index (χ3n) is 2.95. The van der Waals surface area contributed by atoms with Crippen LogP contribution in [0.15, 0.2) is 48.5 Å². The average Bonchev–Trinajstić information content (AvgIpc) is 2.48. The summed E-state index contributed by atoms with van der Waals surface area (Å²) in [7, 11) is 0. The number of rotatable bonds is 5. The summed E-state index contributed by atoms with van der Waals surface area (Å²) in [6.07, 6.45) is -0.677. The first-order valence-corrected chi connectivity index (χ1v) is 7.42. The zero-order valence-corrected chi connectivity index (χ0v) is 13.6. The molecule has 0 saturated carbocycles. The standard InChI is InChI=1S/C17H17ClN2O3/c1-11(23-16-5-3-4-13(18)10-16)17(22)20-15-8-6-14(7-9-15)19-12(2)21/h3-11H,1-2H3,(H,19,21)(H,20,22). The van der Waals surface area contributed by atoms with Crippen LogP contribution in [0.3, 0.4) is 0 Å². The van der Waals surface area contributed by atoms with Gasteiger partial charge in [0.05, 0.1) is 0 Å². The van der Waals surface area contributed by atoms with Crippen LogP contribution in [0.2, 0.25) is 5.02 Å². The molecule has 0 aliphatic carbocycles. The Labute approximate surface area is 139 Å². The Kier molecular flexibility index (Phi) is 5.60. The van der Waals surface area contributed by atoms with Gasteiger partial charge in [-0.3, -0.25) is 9.59 Å². The van der Waals surface area contributed by atoms with Gasteiger partial charge in [0.15, 0.2) is 6.10 Å². The fourth-order valence-electron chi connectivity index (χ4n) is 1.88. The van der Waals surface area contributed by atoms with Gasteiger partial charge in [-0.15, -0.1) is 0 Å². The monoisotopic (exact) mass is 332 g/mol. The summed E-state index contributed by atoms with van der Waals surface area (Å²) >= 11 is 5.88. The Morgan fingerprint density at radius 2 is 1.65 bits per heavy atom. The summed E-state index contributed by atoms with van der Waals surface area (Å²) in [6.45, 7) is 3.09. The minimum absolute atomic E-state index is 0.148. The van der Waals surface area contributed by atoms with Crippen LogP contribution in [-0.4, -0.2) is 17.9 Å². The summed E-state index contributed by atoms with van der Waals surface area (Å²) in [5.41, 5.74) is 1.28. The van der Waals surface area contributed by atoms with Crippen LogP contribution in [-0.2, 0) is 9.59 Å². The molecule has 0 bridgehead atoms. The molecule has 0 aliphatic rings. The van der Waals surface area contributed by atoms with E-state index in [9.17, 15) is 9.59 Å². The van der Waals surface area contributed by atoms with E-state index in [4.69, 9.17) is 16.3 Å². The maximum Gasteiger partial charge on any atom is 0.265 e. The second kappa shape index (κ2) is 7.65. The molecule has 0 saturated heterocycles. The molecule has 2 N–H and O–H groups in total. The lowest BCUT2D eigenvalue weighted by molar-refractivity contribution is -0.122. The molecule has 5 nitrogen and oxygen atoms in total. The largest absolute Gasteiger partial charge is 0.481 e. The Bertz CT molecular complexity index is 701. The Morgan fingerprint density at radius 1 is 1.04 bits per heavy atom. The molecule has 1 unspecified atom stereocenters. The minimum Gasteiger partial charge on any atom is -0.481 e. The van der Waals surface area contributed by atoms with Crippen LogP contribution in [0.1, 0.15) is 13.8 Å². The molecular weight excluding hydrogens is 316 g/mol. The highest BCUT2D eigenvalue weighted by molar-refractivity contribution is 6.30. The zero-order chi connectivity index (χ0) is 16.8. The van der Waals surface area contributed by atoms with Crippen molar-refractivity contribution in [3.05, 3.63) is 53.6 Å². The van der Waals surface area contributed by atoms with E-state index in [0.717, 1.165) is 0 Å². The topological polar surface area (TPSA) is 67.4 Å². The molecule has 23 heavy (non-hydrogen) atoms. The smallest absolute Gasteiger partial charge is 0.265 e. The van der Waals surface area contributed by atoms with Crippen LogP contribution in [0.4, 0.5) is 11.4 Å². The third kappa shape index (κ3) is 5.30. The highest BCUT2D eigenvalue weighted by Gasteiger charge is 2.15. The summed E-state index contributed by atoms with van der Waals surface area (Å²) in [5.74, 6) is 0.101. The highest BCUT2D eigenvalue weighted by Crippen LogP contribution is 2.19. The van der Waals surface area contributed by atoms with Gasteiger partial charge >= 0.3 is 0 Å².